The molecule has 0 saturated heterocycles. The van der Waals surface area contributed by atoms with Crippen molar-refractivity contribution < 1.29 is 14.3 Å². The fourth-order valence-corrected chi connectivity index (χ4v) is 3.03. The molecule has 2 aromatic rings. The van der Waals surface area contributed by atoms with E-state index in [1.807, 2.05) is 32.0 Å². The average Bonchev–Trinajstić information content (AvgIpc) is 2.62. The third-order valence-electron chi connectivity index (χ3n) is 3.39. The molecule has 7 heteroatoms. The molecule has 1 aromatic heterocycles. The van der Waals surface area contributed by atoms with E-state index in [-0.39, 0.29) is 18.6 Å². The Labute approximate surface area is 156 Å². The van der Waals surface area contributed by atoms with Crippen LogP contribution in [0.2, 0.25) is 5.02 Å². The molecule has 5 nitrogen and oxygen atoms in total. The molecule has 132 valence electrons. The van der Waals surface area contributed by atoms with E-state index in [2.05, 4.69) is 10.3 Å². The van der Waals surface area contributed by atoms with Crippen molar-refractivity contribution in [2.24, 2.45) is 0 Å². The van der Waals surface area contributed by atoms with Gasteiger partial charge in [0.15, 0.2) is 6.61 Å². The molecule has 0 aliphatic rings. The lowest BCUT2D eigenvalue weighted by Crippen LogP contribution is -2.35. The van der Waals surface area contributed by atoms with Crippen LogP contribution in [-0.4, -0.2) is 29.5 Å². The molecule has 0 aliphatic carbocycles. The second kappa shape index (κ2) is 9.44. The van der Waals surface area contributed by atoms with Crippen LogP contribution in [0.25, 0.3) is 0 Å². The highest BCUT2D eigenvalue weighted by atomic mass is 35.5. The van der Waals surface area contributed by atoms with Crippen LogP contribution in [-0.2, 0) is 9.53 Å². The highest BCUT2D eigenvalue weighted by Gasteiger charge is 2.17. The van der Waals surface area contributed by atoms with Gasteiger partial charge in [0.1, 0.15) is 5.03 Å². The highest BCUT2D eigenvalue weighted by molar-refractivity contribution is 7.99. The monoisotopic (exact) mass is 378 g/mol. The lowest BCUT2D eigenvalue weighted by molar-refractivity contribution is -0.124. The summed E-state index contributed by atoms with van der Waals surface area (Å²) in [6.07, 6.45) is 2.40. The van der Waals surface area contributed by atoms with Crippen LogP contribution < -0.4 is 5.32 Å². The number of carbonyl (C=O) groups is 2. The van der Waals surface area contributed by atoms with Crippen LogP contribution in [0.15, 0.2) is 52.5 Å². The molecular formula is C18H19ClN2O3S. The summed E-state index contributed by atoms with van der Waals surface area (Å²) >= 11 is 7.43. The van der Waals surface area contributed by atoms with E-state index in [0.29, 0.717) is 15.6 Å². The van der Waals surface area contributed by atoms with E-state index in [1.54, 1.807) is 24.4 Å². The van der Waals surface area contributed by atoms with Crippen LogP contribution in [0.5, 0.6) is 0 Å². The van der Waals surface area contributed by atoms with Gasteiger partial charge in [-0.15, -0.1) is 0 Å². The third-order valence-corrected chi connectivity index (χ3v) is 4.92. The molecule has 1 heterocycles. The maximum absolute atomic E-state index is 12.3. The largest absolute Gasteiger partial charge is 0.452 e. The van der Waals surface area contributed by atoms with Crippen LogP contribution in [0.1, 0.15) is 30.6 Å². The number of esters is 1. The van der Waals surface area contributed by atoms with Crippen molar-refractivity contribution in [1.82, 2.24) is 10.3 Å². The number of pyridine rings is 1. The zero-order valence-electron chi connectivity index (χ0n) is 14.0. The van der Waals surface area contributed by atoms with Crippen LogP contribution in [0, 0.1) is 0 Å². The van der Waals surface area contributed by atoms with Gasteiger partial charge >= 0.3 is 5.97 Å². The van der Waals surface area contributed by atoms with Gasteiger partial charge in [-0.2, -0.15) is 0 Å². The fourth-order valence-electron chi connectivity index (χ4n) is 1.89. The van der Waals surface area contributed by atoms with Crippen molar-refractivity contribution in [3.8, 4) is 0 Å². The Balaban J connectivity index is 2.05. The number of hydrogen-bond acceptors (Lipinski definition) is 5. The number of nitrogens with one attached hydrogen (secondary N) is 1. The fraction of sp³-hybridized carbons (Fsp3) is 0.278. The van der Waals surface area contributed by atoms with Crippen LogP contribution in [0.3, 0.4) is 0 Å². The van der Waals surface area contributed by atoms with Gasteiger partial charge in [0, 0.05) is 17.1 Å². The van der Waals surface area contributed by atoms with Crippen molar-refractivity contribution in [1.29, 1.82) is 0 Å². The number of aromatic nitrogens is 1. The smallest absolute Gasteiger partial charge is 0.341 e. The molecule has 1 aromatic carbocycles. The summed E-state index contributed by atoms with van der Waals surface area (Å²) < 4.78 is 5.11. The van der Waals surface area contributed by atoms with Crippen molar-refractivity contribution in [2.75, 3.05) is 6.61 Å². The highest BCUT2D eigenvalue weighted by Crippen LogP contribution is 2.33. The summed E-state index contributed by atoms with van der Waals surface area (Å²) in [4.78, 5) is 29.1. The lowest BCUT2D eigenvalue weighted by atomic mass is 10.2. The molecule has 1 atom stereocenters. The summed E-state index contributed by atoms with van der Waals surface area (Å²) in [5, 5.41) is 3.79. The van der Waals surface area contributed by atoms with Crippen molar-refractivity contribution in [2.45, 2.75) is 36.2 Å². The first-order chi connectivity index (χ1) is 12.0. The zero-order chi connectivity index (χ0) is 18.2. The quantitative estimate of drug-likeness (QED) is 0.738. The predicted molar refractivity (Wildman–Crippen MR) is 98.0 cm³/mol. The Hall–Kier alpha value is -2.05. The van der Waals surface area contributed by atoms with E-state index in [4.69, 9.17) is 16.3 Å². The number of benzene rings is 1. The molecule has 0 saturated carbocycles. The van der Waals surface area contributed by atoms with Gasteiger partial charge in [-0.1, -0.05) is 42.4 Å². The molecule has 1 N–H and O–H groups in total. The molecule has 0 unspecified atom stereocenters. The Morgan fingerprint density at radius 1 is 1.28 bits per heavy atom. The second-order valence-electron chi connectivity index (χ2n) is 5.34. The van der Waals surface area contributed by atoms with E-state index < -0.39 is 5.97 Å². The molecule has 2 rings (SSSR count). The van der Waals surface area contributed by atoms with E-state index in [1.165, 1.54) is 11.8 Å². The number of nitrogens with zero attached hydrogens (tertiary/aromatic N) is 1. The van der Waals surface area contributed by atoms with Gasteiger partial charge in [-0.25, -0.2) is 9.78 Å². The minimum atomic E-state index is -0.595. The van der Waals surface area contributed by atoms with Gasteiger partial charge in [0.2, 0.25) is 0 Å². The zero-order valence-corrected chi connectivity index (χ0v) is 15.6. The number of hydrogen-bond donors (Lipinski definition) is 1. The normalized spacial score (nSPS) is 11.6. The van der Waals surface area contributed by atoms with Crippen molar-refractivity contribution in [3.63, 3.8) is 0 Å². The maximum Gasteiger partial charge on any atom is 0.341 e. The van der Waals surface area contributed by atoms with Gasteiger partial charge < -0.3 is 10.1 Å². The van der Waals surface area contributed by atoms with E-state index >= 15 is 0 Å². The standard InChI is InChI=1S/C18H19ClN2O3S/c1-3-12(2)21-16(22)11-24-18(23)13-7-6-10-20-17(13)25-15-9-5-4-8-14(15)19/h4-10,12H,3,11H2,1-2H3,(H,21,22)/t12-/m0/s1. The summed E-state index contributed by atoms with van der Waals surface area (Å²) in [6, 6.07) is 10.6. The molecule has 25 heavy (non-hydrogen) atoms. The number of carbonyl (C=O) groups excluding carboxylic acids is 2. The molecule has 0 radical (unpaired) electrons. The number of halogens is 1. The first-order valence-corrected chi connectivity index (χ1v) is 9.04. The summed E-state index contributed by atoms with van der Waals surface area (Å²) in [5.74, 6) is -0.922. The lowest BCUT2D eigenvalue weighted by Gasteiger charge is -2.12. The van der Waals surface area contributed by atoms with E-state index in [9.17, 15) is 9.59 Å². The third kappa shape index (κ3) is 5.76. The Kier molecular flexibility index (Phi) is 7.28. The molecular weight excluding hydrogens is 360 g/mol. The molecule has 0 bridgehead atoms. The summed E-state index contributed by atoms with van der Waals surface area (Å²) in [7, 11) is 0. The topological polar surface area (TPSA) is 68.3 Å². The Bertz CT molecular complexity index is 755. The Morgan fingerprint density at radius 2 is 2.04 bits per heavy atom. The van der Waals surface area contributed by atoms with Crippen LogP contribution in [0.4, 0.5) is 0 Å². The molecule has 1 amide bonds. The van der Waals surface area contributed by atoms with Gasteiger partial charge in [0.25, 0.3) is 5.91 Å². The van der Waals surface area contributed by atoms with Crippen LogP contribution >= 0.6 is 23.4 Å². The molecule has 0 spiro atoms. The maximum atomic E-state index is 12.3. The second-order valence-corrected chi connectivity index (χ2v) is 6.78. The minimum absolute atomic E-state index is 0.0379. The molecule has 0 aliphatic heterocycles. The SMILES string of the molecule is CC[C@H](C)NC(=O)COC(=O)c1cccnc1Sc1ccccc1Cl. The predicted octanol–water partition coefficient (Wildman–Crippen LogP) is 3.96. The van der Waals surface area contributed by atoms with Crippen molar-refractivity contribution >= 4 is 35.2 Å². The summed E-state index contributed by atoms with van der Waals surface area (Å²) in [5.41, 5.74) is 0.295. The van der Waals surface area contributed by atoms with Crippen molar-refractivity contribution in [3.05, 3.63) is 53.2 Å². The van der Waals surface area contributed by atoms with E-state index in [0.717, 1.165) is 11.3 Å². The average molecular weight is 379 g/mol. The first kappa shape index (κ1) is 19.3. The van der Waals surface area contributed by atoms with Gasteiger partial charge in [-0.05, 0) is 37.6 Å². The minimum Gasteiger partial charge on any atom is -0.452 e. The Morgan fingerprint density at radius 3 is 2.76 bits per heavy atom. The number of rotatable bonds is 7. The number of amides is 1. The summed E-state index contributed by atoms with van der Waals surface area (Å²) in [6.45, 7) is 3.53. The van der Waals surface area contributed by atoms with Gasteiger partial charge in [-0.3, -0.25) is 4.79 Å². The number of ether oxygens (including phenoxy) is 1. The van der Waals surface area contributed by atoms with Gasteiger partial charge in [0.05, 0.1) is 10.6 Å². The molecule has 0 fully saturated rings. The first-order valence-electron chi connectivity index (χ1n) is 7.85.